The smallest absolute Gasteiger partial charge is 0.269 e. The van der Waals surface area contributed by atoms with E-state index >= 15 is 0 Å². The molecule has 1 heterocycles. The molecule has 0 radical (unpaired) electrons. The molecule has 1 unspecified atom stereocenters. The number of hydrogen-bond donors (Lipinski definition) is 2. The van der Waals surface area contributed by atoms with E-state index < -0.39 is 6.10 Å². The van der Waals surface area contributed by atoms with E-state index in [4.69, 9.17) is 11.6 Å². The number of carbonyl (C=O) groups excluding carboxylic acids is 1. The molecule has 1 aliphatic carbocycles. The zero-order chi connectivity index (χ0) is 11.5. The molecule has 4 nitrogen and oxygen atoms in total. The first-order chi connectivity index (χ1) is 7.66. The minimum absolute atomic E-state index is 0.281. The van der Waals surface area contributed by atoms with Crippen molar-refractivity contribution in [1.29, 1.82) is 0 Å². The minimum atomic E-state index is -0.434. The summed E-state index contributed by atoms with van der Waals surface area (Å²) in [4.78, 5) is 15.5. The lowest BCUT2D eigenvalue weighted by Crippen LogP contribution is -2.33. The summed E-state index contributed by atoms with van der Waals surface area (Å²) in [5.41, 5.74) is 0.312. The fourth-order valence-corrected chi connectivity index (χ4v) is 1.56. The maximum Gasteiger partial charge on any atom is 0.269 e. The maximum atomic E-state index is 11.6. The summed E-state index contributed by atoms with van der Waals surface area (Å²) in [5, 5.41) is 12.7. The van der Waals surface area contributed by atoms with Crippen molar-refractivity contribution in [2.24, 2.45) is 5.92 Å². The van der Waals surface area contributed by atoms with E-state index in [-0.39, 0.29) is 12.5 Å². The van der Waals surface area contributed by atoms with Crippen LogP contribution in [0, 0.1) is 5.92 Å². The quantitative estimate of drug-likeness (QED) is 0.832. The molecule has 16 heavy (non-hydrogen) atoms. The Hall–Kier alpha value is -1.13. The third-order valence-electron chi connectivity index (χ3n) is 2.60. The number of nitrogens with one attached hydrogen (secondary N) is 1. The first-order valence-electron chi connectivity index (χ1n) is 5.24. The Morgan fingerprint density at radius 3 is 2.94 bits per heavy atom. The summed E-state index contributed by atoms with van der Waals surface area (Å²) in [6.07, 6.45) is 3.09. The van der Waals surface area contributed by atoms with Crippen LogP contribution in [0.15, 0.2) is 18.3 Å². The van der Waals surface area contributed by atoms with Gasteiger partial charge in [-0.1, -0.05) is 11.6 Å². The second-order valence-electron chi connectivity index (χ2n) is 3.98. The maximum absolute atomic E-state index is 11.6. The predicted molar refractivity (Wildman–Crippen MR) is 60.3 cm³/mol. The highest BCUT2D eigenvalue weighted by atomic mass is 35.5. The molecule has 1 amide bonds. The van der Waals surface area contributed by atoms with Crippen LogP contribution in [-0.2, 0) is 0 Å². The summed E-state index contributed by atoms with van der Waals surface area (Å²) in [5.74, 6) is 0.0786. The van der Waals surface area contributed by atoms with E-state index in [1.165, 1.54) is 6.20 Å². The van der Waals surface area contributed by atoms with Crippen molar-refractivity contribution in [2.45, 2.75) is 18.9 Å². The average Bonchev–Trinajstić information content (AvgIpc) is 3.10. The number of halogens is 1. The van der Waals surface area contributed by atoms with E-state index in [0.29, 0.717) is 16.6 Å². The van der Waals surface area contributed by atoms with Gasteiger partial charge < -0.3 is 10.4 Å². The van der Waals surface area contributed by atoms with Crippen LogP contribution in [0.4, 0.5) is 0 Å². The molecular formula is C11H13ClN2O2. The van der Waals surface area contributed by atoms with Crippen LogP contribution in [0.25, 0.3) is 0 Å². The lowest BCUT2D eigenvalue weighted by Gasteiger charge is -2.10. The fourth-order valence-electron chi connectivity index (χ4n) is 1.45. The van der Waals surface area contributed by atoms with Crippen LogP contribution < -0.4 is 5.32 Å². The summed E-state index contributed by atoms with van der Waals surface area (Å²) in [6.45, 7) is 0.286. The predicted octanol–water partition coefficient (Wildman–Crippen LogP) is 1.24. The lowest BCUT2D eigenvalue weighted by atomic mass is 10.2. The van der Waals surface area contributed by atoms with Crippen LogP contribution in [0.3, 0.4) is 0 Å². The fraction of sp³-hybridized carbons (Fsp3) is 0.455. The second-order valence-corrected chi connectivity index (χ2v) is 4.41. The van der Waals surface area contributed by atoms with Crippen molar-refractivity contribution >= 4 is 17.5 Å². The third kappa shape index (κ3) is 2.93. The summed E-state index contributed by atoms with van der Waals surface area (Å²) < 4.78 is 0. The van der Waals surface area contributed by atoms with Crippen molar-refractivity contribution in [3.63, 3.8) is 0 Å². The first kappa shape index (κ1) is 11.4. The lowest BCUT2D eigenvalue weighted by molar-refractivity contribution is 0.0896. The molecule has 0 saturated heterocycles. The van der Waals surface area contributed by atoms with E-state index in [1.54, 1.807) is 12.1 Å². The van der Waals surface area contributed by atoms with E-state index in [0.717, 1.165) is 12.8 Å². The molecule has 5 heteroatoms. The Kier molecular flexibility index (Phi) is 3.41. The summed E-state index contributed by atoms with van der Waals surface area (Å²) in [7, 11) is 0. The number of pyridine rings is 1. The highest BCUT2D eigenvalue weighted by Gasteiger charge is 2.29. The van der Waals surface area contributed by atoms with Gasteiger partial charge in [0.25, 0.3) is 5.91 Å². The third-order valence-corrected chi connectivity index (χ3v) is 2.82. The van der Waals surface area contributed by atoms with Gasteiger partial charge in [0.1, 0.15) is 5.69 Å². The zero-order valence-corrected chi connectivity index (χ0v) is 9.44. The Labute approximate surface area is 98.6 Å². The number of aliphatic hydroxyl groups excluding tert-OH is 1. The van der Waals surface area contributed by atoms with Crippen LogP contribution in [-0.4, -0.2) is 28.6 Å². The van der Waals surface area contributed by atoms with Crippen LogP contribution in [0.1, 0.15) is 23.3 Å². The average molecular weight is 241 g/mol. The Morgan fingerprint density at radius 1 is 1.62 bits per heavy atom. The van der Waals surface area contributed by atoms with Crippen LogP contribution in [0.2, 0.25) is 5.02 Å². The normalized spacial score (nSPS) is 16.9. The molecule has 0 aromatic carbocycles. The van der Waals surface area contributed by atoms with Gasteiger partial charge in [-0.2, -0.15) is 0 Å². The molecule has 86 valence electrons. The molecule has 0 spiro atoms. The van der Waals surface area contributed by atoms with Crippen molar-refractivity contribution in [3.8, 4) is 0 Å². The largest absolute Gasteiger partial charge is 0.391 e. The first-order valence-corrected chi connectivity index (χ1v) is 5.62. The van der Waals surface area contributed by atoms with Crippen molar-refractivity contribution < 1.29 is 9.90 Å². The number of rotatable bonds is 4. The van der Waals surface area contributed by atoms with Gasteiger partial charge in [-0.05, 0) is 30.9 Å². The van der Waals surface area contributed by atoms with Crippen molar-refractivity contribution in [2.75, 3.05) is 6.54 Å². The van der Waals surface area contributed by atoms with Gasteiger partial charge in [0.2, 0.25) is 0 Å². The standard InChI is InChI=1S/C11H13ClN2O2/c12-8-3-4-9(13-5-8)11(16)14-6-10(15)7-1-2-7/h3-5,7,10,15H,1-2,6H2,(H,14,16). The molecule has 1 atom stereocenters. The molecule has 0 aliphatic heterocycles. The number of carbonyl (C=O) groups is 1. The van der Waals surface area contributed by atoms with Crippen molar-refractivity contribution in [3.05, 3.63) is 29.0 Å². The van der Waals surface area contributed by atoms with Gasteiger partial charge >= 0.3 is 0 Å². The summed E-state index contributed by atoms with van der Waals surface area (Å²) in [6, 6.07) is 3.17. The second kappa shape index (κ2) is 4.80. The number of amides is 1. The molecule has 1 aromatic heterocycles. The zero-order valence-electron chi connectivity index (χ0n) is 8.69. The Morgan fingerprint density at radius 2 is 2.38 bits per heavy atom. The molecule has 0 bridgehead atoms. The number of aliphatic hydroxyl groups is 1. The Bertz CT molecular complexity index is 376. The van der Waals surface area contributed by atoms with Crippen LogP contribution >= 0.6 is 11.6 Å². The highest BCUT2D eigenvalue weighted by molar-refractivity contribution is 6.30. The Balaban J connectivity index is 1.85. The molecule has 2 N–H and O–H groups in total. The number of aromatic nitrogens is 1. The number of hydrogen-bond acceptors (Lipinski definition) is 3. The van der Waals surface area contributed by atoms with E-state index in [2.05, 4.69) is 10.3 Å². The van der Waals surface area contributed by atoms with E-state index in [1.807, 2.05) is 0 Å². The van der Waals surface area contributed by atoms with Gasteiger partial charge in [-0.15, -0.1) is 0 Å². The molecule has 1 fully saturated rings. The van der Waals surface area contributed by atoms with Crippen LogP contribution in [0.5, 0.6) is 0 Å². The number of nitrogens with zero attached hydrogens (tertiary/aromatic N) is 1. The van der Waals surface area contributed by atoms with Gasteiger partial charge in [0, 0.05) is 12.7 Å². The van der Waals surface area contributed by atoms with Gasteiger partial charge in [0.05, 0.1) is 11.1 Å². The topological polar surface area (TPSA) is 62.2 Å². The molecule has 1 aliphatic rings. The van der Waals surface area contributed by atoms with E-state index in [9.17, 15) is 9.90 Å². The SMILES string of the molecule is O=C(NCC(O)C1CC1)c1ccc(Cl)cn1. The minimum Gasteiger partial charge on any atom is -0.391 e. The van der Waals surface area contributed by atoms with Crippen molar-refractivity contribution in [1.82, 2.24) is 10.3 Å². The highest BCUT2D eigenvalue weighted by Crippen LogP contribution is 2.32. The van der Waals surface area contributed by atoms with Gasteiger partial charge in [0.15, 0.2) is 0 Å². The monoisotopic (exact) mass is 240 g/mol. The summed E-state index contributed by atoms with van der Waals surface area (Å²) >= 11 is 5.66. The molecule has 1 aromatic rings. The van der Waals surface area contributed by atoms with Gasteiger partial charge in [-0.3, -0.25) is 4.79 Å². The van der Waals surface area contributed by atoms with Gasteiger partial charge in [-0.25, -0.2) is 4.98 Å². The molecular weight excluding hydrogens is 228 g/mol. The molecule has 2 rings (SSSR count). The molecule has 1 saturated carbocycles.